The van der Waals surface area contributed by atoms with Gasteiger partial charge in [-0.1, -0.05) is 6.07 Å². The largest absolute Gasteiger partial charge is 0.497 e. The number of carboxylic acid groups (broad SMARTS) is 1. The van der Waals surface area contributed by atoms with Crippen molar-refractivity contribution < 1.29 is 24.2 Å². The topological polar surface area (TPSA) is 88.1 Å². The number of carboxylic acids is 1. The summed E-state index contributed by atoms with van der Waals surface area (Å²) in [6.07, 6.45) is 0.198. The molecule has 7 heteroatoms. The molecular weight excluding hydrogens is 276 g/mol. The zero-order chi connectivity index (χ0) is 15.8. The minimum absolute atomic E-state index is 0.198. The Morgan fingerprint density at radius 2 is 2.10 bits per heavy atom. The van der Waals surface area contributed by atoms with Gasteiger partial charge in [0.25, 0.3) is 0 Å². The Labute approximate surface area is 123 Å². The van der Waals surface area contributed by atoms with E-state index in [1.54, 1.807) is 31.3 Å². The molecule has 0 aliphatic rings. The van der Waals surface area contributed by atoms with Crippen LogP contribution in [-0.2, 0) is 9.53 Å². The van der Waals surface area contributed by atoms with E-state index >= 15 is 0 Å². The van der Waals surface area contributed by atoms with Crippen LogP contribution in [0.2, 0.25) is 0 Å². The SMILES string of the molecule is COCCC(NC(=O)N(C)c1cccc(OC)c1)C(=O)O. The highest BCUT2D eigenvalue weighted by molar-refractivity contribution is 5.94. The molecule has 0 saturated carbocycles. The summed E-state index contributed by atoms with van der Waals surface area (Å²) in [4.78, 5) is 24.5. The highest BCUT2D eigenvalue weighted by Gasteiger charge is 2.22. The summed E-state index contributed by atoms with van der Waals surface area (Å²) in [5.74, 6) is -0.485. The zero-order valence-corrected chi connectivity index (χ0v) is 12.3. The normalized spacial score (nSPS) is 11.6. The predicted octanol–water partition coefficient (Wildman–Crippen LogP) is 1.33. The van der Waals surface area contributed by atoms with E-state index in [0.717, 1.165) is 0 Å². The van der Waals surface area contributed by atoms with Crippen molar-refractivity contribution >= 4 is 17.7 Å². The summed E-state index contributed by atoms with van der Waals surface area (Å²) in [5, 5.41) is 11.5. The number of aliphatic carboxylic acids is 1. The quantitative estimate of drug-likeness (QED) is 0.792. The number of carbonyl (C=O) groups excluding carboxylic acids is 1. The standard InChI is InChI=1S/C14H20N2O5/c1-16(10-5-4-6-11(9-10)21-3)14(19)15-12(13(17)18)7-8-20-2/h4-6,9,12H,7-8H2,1-3H3,(H,15,19)(H,17,18). The molecule has 1 aromatic rings. The summed E-state index contributed by atoms with van der Waals surface area (Å²) in [6, 6.07) is 5.42. The Hall–Kier alpha value is -2.28. The Balaban J connectivity index is 2.74. The van der Waals surface area contributed by atoms with Gasteiger partial charge in [-0.2, -0.15) is 0 Å². The molecule has 7 nitrogen and oxygen atoms in total. The van der Waals surface area contributed by atoms with Crippen molar-refractivity contribution in [3.05, 3.63) is 24.3 Å². The molecule has 0 heterocycles. The molecule has 0 fully saturated rings. The van der Waals surface area contributed by atoms with Gasteiger partial charge >= 0.3 is 12.0 Å². The molecule has 2 amide bonds. The van der Waals surface area contributed by atoms with E-state index < -0.39 is 18.0 Å². The van der Waals surface area contributed by atoms with Gasteiger partial charge in [-0.25, -0.2) is 9.59 Å². The van der Waals surface area contributed by atoms with Gasteiger partial charge in [0.05, 0.1) is 7.11 Å². The lowest BCUT2D eigenvalue weighted by Crippen LogP contribution is -2.47. The summed E-state index contributed by atoms with van der Waals surface area (Å²) in [5.41, 5.74) is 0.600. The lowest BCUT2D eigenvalue weighted by molar-refractivity contribution is -0.139. The number of urea groups is 1. The molecule has 2 N–H and O–H groups in total. The maximum Gasteiger partial charge on any atom is 0.326 e. The van der Waals surface area contributed by atoms with Crippen LogP contribution in [0.15, 0.2) is 24.3 Å². The number of rotatable bonds is 7. The van der Waals surface area contributed by atoms with Crippen LogP contribution in [0.4, 0.5) is 10.5 Å². The van der Waals surface area contributed by atoms with Crippen LogP contribution < -0.4 is 15.0 Å². The summed E-state index contributed by atoms with van der Waals surface area (Å²) in [7, 11) is 4.56. The van der Waals surface area contributed by atoms with Crippen molar-refractivity contribution in [2.24, 2.45) is 0 Å². The second-order valence-corrected chi connectivity index (χ2v) is 4.38. The fourth-order valence-corrected chi connectivity index (χ4v) is 1.68. The molecule has 0 radical (unpaired) electrons. The summed E-state index contributed by atoms with van der Waals surface area (Å²) >= 11 is 0. The predicted molar refractivity (Wildman–Crippen MR) is 77.8 cm³/mol. The number of ether oxygens (including phenoxy) is 2. The van der Waals surface area contributed by atoms with E-state index in [1.165, 1.54) is 19.1 Å². The monoisotopic (exact) mass is 296 g/mol. The number of methoxy groups -OCH3 is 2. The molecule has 1 rings (SSSR count). The van der Waals surface area contributed by atoms with Crippen LogP contribution in [0.1, 0.15) is 6.42 Å². The van der Waals surface area contributed by atoms with Crippen molar-refractivity contribution in [3.8, 4) is 5.75 Å². The van der Waals surface area contributed by atoms with E-state index in [0.29, 0.717) is 11.4 Å². The minimum atomic E-state index is -1.10. The zero-order valence-electron chi connectivity index (χ0n) is 12.3. The number of hydrogen-bond acceptors (Lipinski definition) is 4. The number of nitrogens with one attached hydrogen (secondary N) is 1. The Morgan fingerprint density at radius 3 is 2.67 bits per heavy atom. The average Bonchev–Trinajstić information content (AvgIpc) is 2.50. The molecule has 0 bridgehead atoms. The van der Waals surface area contributed by atoms with Gasteiger partial charge in [-0.05, 0) is 12.1 Å². The second kappa shape index (κ2) is 8.11. The smallest absolute Gasteiger partial charge is 0.326 e. The first-order valence-corrected chi connectivity index (χ1v) is 6.39. The van der Waals surface area contributed by atoms with Crippen molar-refractivity contribution in [1.82, 2.24) is 5.32 Å². The molecule has 1 aromatic carbocycles. The van der Waals surface area contributed by atoms with Crippen LogP contribution in [0, 0.1) is 0 Å². The van der Waals surface area contributed by atoms with Crippen LogP contribution >= 0.6 is 0 Å². The number of hydrogen-bond donors (Lipinski definition) is 2. The van der Waals surface area contributed by atoms with Crippen LogP contribution in [0.5, 0.6) is 5.75 Å². The van der Waals surface area contributed by atoms with Gasteiger partial charge in [0.15, 0.2) is 0 Å². The van der Waals surface area contributed by atoms with Crippen LogP contribution in [-0.4, -0.2) is 51.0 Å². The molecule has 0 aromatic heterocycles. The molecule has 0 aliphatic heterocycles. The Kier molecular flexibility index (Phi) is 6.48. The second-order valence-electron chi connectivity index (χ2n) is 4.38. The van der Waals surface area contributed by atoms with Gasteiger partial charge in [0.1, 0.15) is 11.8 Å². The van der Waals surface area contributed by atoms with E-state index in [1.807, 2.05) is 0 Å². The van der Waals surface area contributed by atoms with E-state index in [-0.39, 0.29) is 13.0 Å². The molecule has 1 atom stereocenters. The van der Waals surface area contributed by atoms with E-state index in [9.17, 15) is 9.59 Å². The van der Waals surface area contributed by atoms with Gasteiger partial charge in [0.2, 0.25) is 0 Å². The van der Waals surface area contributed by atoms with Gasteiger partial charge in [0, 0.05) is 38.9 Å². The third-order valence-corrected chi connectivity index (χ3v) is 2.95. The van der Waals surface area contributed by atoms with E-state index in [2.05, 4.69) is 5.32 Å². The fourth-order valence-electron chi connectivity index (χ4n) is 1.68. The minimum Gasteiger partial charge on any atom is -0.497 e. The third kappa shape index (κ3) is 4.96. The number of anilines is 1. The van der Waals surface area contributed by atoms with E-state index in [4.69, 9.17) is 14.6 Å². The van der Waals surface area contributed by atoms with Crippen molar-refractivity contribution in [3.63, 3.8) is 0 Å². The first kappa shape index (κ1) is 16.8. The highest BCUT2D eigenvalue weighted by Crippen LogP contribution is 2.19. The average molecular weight is 296 g/mol. The lowest BCUT2D eigenvalue weighted by Gasteiger charge is -2.21. The van der Waals surface area contributed by atoms with Crippen molar-refractivity contribution in [1.29, 1.82) is 0 Å². The third-order valence-electron chi connectivity index (χ3n) is 2.95. The van der Waals surface area contributed by atoms with Gasteiger partial charge < -0.3 is 19.9 Å². The number of benzene rings is 1. The van der Waals surface area contributed by atoms with Crippen molar-refractivity contribution in [2.45, 2.75) is 12.5 Å². The first-order chi connectivity index (χ1) is 9.99. The molecule has 21 heavy (non-hydrogen) atoms. The molecule has 0 saturated heterocycles. The van der Waals surface area contributed by atoms with Crippen molar-refractivity contribution in [2.75, 3.05) is 32.8 Å². The molecule has 1 unspecified atom stereocenters. The molecule has 0 spiro atoms. The number of nitrogens with zero attached hydrogens (tertiary/aromatic N) is 1. The van der Waals surface area contributed by atoms with Crippen LogP contribution in [0.25, 0.3) is 0 Å². The molecular formula is C14H20N2O5. The van der Waals surface area contributed by atoms with Crippen LogP contribution in [0.3, 0.4) is 0 Å². The van der Waals surface area contributed by atoms with Gasteiger partial charge in [-0.15, -0.1) is 0 Å². The Bertz CT molecular complexity index is 492. The first-order valence-electron chi connectivity index (χ1n) is 6.39. The number of amides is 2. The maximum absolute atomic E-state index is 12.1. The van der Waals surface area contributed by atoms with Gasteiger partial charge in [-0.3, -0.25) is 4.90 Å². The molecule has 0 aliphatic carbocycles. The maximum atomic E-state index is 12.1. The summed E-state index contributed by atoms with van der Waals surface area (Å²) in [6.45, 7) is 0.250. The Morgan fingerprint density at radius 1 is 1.38 bits per heavy atom. The fraction of sp³-hybridized carbons (Fsp3) is 0.429. The molecule has 116 valence electrons. The highest BCUT2D eigenvalue weighted by atomic mass is 16.5. The summed E-state index contributed by atoms with van der Waals surface area (Å²) < 4.78 is 9.92. The number of carbonyl (C=O) groups is 2. The lowest BCUT2D eigenvalue weighted by atomic mass is 10.2.